The Bertz CT molecular complexity index is 497. The van der Waals surface area contributed by atoms with Gasteiger partial charge in [0.2, 0.25) is 5.91 Å². The molecule has 5 nitrogen and oxygen atoms in total. The van der Waals surface area contributed by atoms with E-state index in [1.807, 2.05) is 18.2 Å². The maximum absolute atomic E-state index is 11.9. The zero-order valence-electron chi connectivity index (χ0n) is 13.4. The largest absolute Gasteiger partial charge is 0.481 e. The van der Waals surface area contributed by atoms with Crippen molar-refractivity contribution in [2.24, 2.45) is 0 Å². The van der Waals surface area contributed by atoms with Gasteiger partial charge in [0.1, 0.15) is 0 Å². The lowest BCUT2D eigenvalue weighted by Crippen LogP contribution is -2.54. The van der Waals surface area contributed by atoms with Crippen molar-refractivity contribution in [3.05, 3.63) is 35.9 Å². The number of amides is 1. The second kappa shape index (κ2) is 9.30. The number of carbonyl (C=O) groups excluding carboxylic acids is 1. The molecule has 0 spiro atoms. The molecule has 1 heterocycles. The number of hydrogen-bond acceptors (Lipinski definition) is 3. The first kappa shape index (κ1) is 17.5. The Morgan fingerprint density at radius 1 is 1.09 bits per heavy atom. The fourth-order valence-electron chi connectivity index (χ4n) is 2.63. The highest BCUT2D eigenvalue weighted by Crippen LogP contribution is 2.15. The van der Waals surface area contributed by atoms with Crippen LogP contribution in [0.3, 0.4) is 0 Å². The molecule has 1 aliphatic heterocycles. The number of carbonyl (C=O) groups is 2. The van der Waals surface area contributed by atoms with Crippen molar-refractivity contribution < 1.29 is 19.4 Å². The first-order valence-electron chi connectivity index (χ1n) is 8.30. The number of aryl methyl sites for hydroxylation is 1. The molecule has 1 aromatic rings. The second-order valence-corrected chi connectivity index (χ2v) is 5.98. The van der Waals surface area contributed by atoms with E-state index in [0.29, 0.717) is 32.4 Å². The first-order chi connectivity index (χ1) is 11.1. The van der Waals surface area contributed by atoms with E-state index < -0.39 is 5.97 Å². The SMILES string of the molecule is O=C(O)CCCCC(=O)N1CC(OCCCc2ccccc2)C1. The number of hydrogen-bond donors (Lipinski definition) is 1. The number of carboxylic acid groups (broad SMARTS) is 1. The number of benzene rings is 1. The van der Waals surface area contributed by atoms with Crippen LogP contribution in [0.4, 0.5) is 0 Å². The minimum atomic E-state index is -0.801. The topological polar surface area (TPSA) is 66.8 Å². The van der Waals surface area contributed by atoms with Gasteiger partial charge in [-0.3, -0.25) is 9.59 Å². The summed E-state index contributed by atoms with van der Waals surface area (Å²) in [6, 6.07) is 10.3. The molecule has 0 radical (unpaired) electrons. The van der Waals surface area contributed by atoms with Crippen LogP contribution in [-0.2, 0) is 20.7 Å². The lowest BCUT2D eigenvalue weighted by Gasteiger charge is -2.39. The lowest BCUT2D eigenvalue weighted by molar-refractivity contribution is -0.145. The third kappa shape index (κ3) is 6.40. The molecule has 1 N–H and O–H groups in total. The molecule has 1 aliphatic rings. The van der Waals surface area contributed by atoms with Crippen LogP contribution in [-0.4, -0.2) is 47.7 Å². The highest BCUT2D eigenvalue weighted by Gasteiger charge is 2.30. The lowest BCUT2D eigenvalue weighted by atomic mass is 10.1. The Balaban J connectivity index is 1.48. The molecule has 23 heavy (non-hydrogen) atoms. The molecule has 1 fully saturated rings. The quantitative estimate of drug-likeness (QED) is 0.673. The summed E-state index contributed by atoms with van der Waals surface area (Å²) >= 11 is 0. The highest BCUT2D eigenvalue weighted by molar-refractivity contribution is 5.77. The Labute approximate surface area is 137 Å². The molecule has 0 unspecified atom stereocenters. The van der Waals surface area contributed by atoms with Crippen molar-refractivity contribution >= 4 is 11.9 Å². The Hall–Kier alpha value is -1.88. The summed E-state index contributed by atoms with van der Waals surface area (Å²) < 4.78 is 5.77. The van der Waals surface area contributed by atoms with Crippen LogP contribution < -0.4 is 0 Å². The fourth-order valence-corrected chi connectivity index (χ4v) is 2.63. The van der Waals surface area contributed by atoms with Crippen molar-refractivity contribution in [3.63, 3.8) is 0 Å². The van der Waals surface area contributed by atoms with Crippen molar-refractivity contribution in [2.45, 2.75) is 44.6 Å². The molecule has 0 aromatic heterocycles. The van der Waals surface area contributed by atoms with Crippen LogP contribution in [0.5, 0.6) is 0 Å². The normalized spacial score (nSPS) is 14.5. The van der Waals surface area contributed by atoms with E-state index in [0.717, 1.165) is 19.4 Å². The van der Waals surface area contributed by atoms with Crippen molar-refractivity contribution in [1.29, 1.82) is 0 Å². The van der Waals surface area contributed by atoms with Gasteiger partial charge >= 0.3 is 5.97 Å². The zero-order chi connectivity index (χ0) is 16.5. The van der Waals surface area contributed by atoms with E-state index in [1.54, 1.807) is 4.90 Å². The predicted octanol–water partition coefficient (Wildman–Crippen LogP) is 2.49. The van der Waals surface area contributed by atoms with Gasteiger partial charge in [-0.1, -0.05) is 30.3 Å². The fraction of sp³-hybridized carbons (Fsp3) is 0.556. The second-order valence-electron chi connectivity index (χ2n) is 5.98. The van der Waals surface area contributed by atoms with Crippen LogP contribution in [0.25, 0.3) is 0 Å². The summed E-state index contributed by atoms with van der Waals surface area (Å²) in [5, 5.41) is 8.54. The summed E-state index contributed by atoms with van der Waals surface area (Å²) in [7, 11) is 0. The Morgan fingerprint density at radius 3 is 2.48 bits per heavy atom. The van der Waals surface area contributed by atoms with Gasteiger partial charge in [0.15, 0.2) is 0 Å². The minimum Gasteiger partial charge on any atom is -0.481 e. The summed E-state index contributed by atoms with van der Waals surface area (Å²) in [5.41, 5.74) is 1.32. The van der Waals surface area contributed by atoms with E-state index in [-0.39, 0.29) is 18.4 Å². The third-order valence-electron chi connectivity index (χ3n) is 4.04. The van der Waals surface area contributed by atoms with Gasteiger partial charge in [-0.05, 0) is 31.2 Å². The molecule has 2 rings (SSSR count). The molecular formula is C18H25NO4. The molecule has 0 bridgehead atoms. The zero-order valence-corrected chi connectivity index (χ0v) is 13.4. The van der Waals surface area contributed by atoms with E-state index in [4.69, 9.17) is 9.84 Å². The van der Waals surface area contributed by atoms with E-state index >= 15 is 0 Å². The van der Waals surface area contributed by atoms with Gasteiger partial charge < -0.3 is 14.7 Å². The van der Waals surface area contributed by atoms with E-state index in [2.05, 4.69) is 12.1 Å². The summed E-state index contributed by atoms with van der Waals surface area (Å²) in [6.45, 7) is 2.06. The molecule has 0 saturated carbocycles. The van der Waals surface area contributed by atoms with Crippen molar-refractivity contribution in [2.75, 3.05) is 19.7 Å². The van der Waals surface area contributed by atoms with Crippen LogP contribution in [0, 0.1) is 0 Å². The number of rotatable bonds is 10. The molecule has 5 heteroatoms. The molecule has 126 valence electrons. The minimum absolute atomic E-state index is 0.111. The number of unbranched alkanes of at least 4 members (excludes halogenated alkanes) is 1. The van der Waals surface area contributed by atoms with Gasteiger partial charge in [0.05, 0.1) is 6.10 Å². The number of carboxylic acids is 1. The van der Waals surface area contributed by atoms with E-state index in [1.165, 1.54) is 5.56 Å². The van der Waals surface area contributed by atoms with Gasteiger partial charge in [0.25, 0.3) is 0 Å². The highest BCUT2D eigenvalue weighted by atomic mass is 16.5. The van der Waals surface area contributed by atoms with Crippen LogP contribution in [0.1, 0.15) is 37.7 Å². The summed E-state index contributed by atoms with van der Waals surface area (Å²) in [6.07, 6.45) is 3.95. The standard InChI is InChI=1S/C18H25NO4/c20-17(10-4-5-11-18(21)22)19-13-16(14-19)23-12-6-9-15-7-2-1-3-8-15/h1-3,7-8,16H,4-6,9-14H2,(H,21,22). The van der Waals surface area contributed by atoms with Crippen LogP contribution in [0.15, 0.2) is 30.3 Å². The third-order valence-corrected chi connectivity index (χ3v) is 4.04. The van der Waals surface area contributed by atoms with Crippen molar-refractivity contribution in [1.82, 2.24) is 4.90 Å². The summed E-state index contributed by atoms with van der Waals surface area (Å²) in [5.74, 6) is -0.690. The maximum Gasteiger partial charge on any atom is 0.303 e. The average molecular weight is 319 g/mol. The predicted molar refractivity (Wildman–Crippen MR) is 87.2 cm³/mol. The Kier molecular flexibility index (Phi) is 7.07. The van der Waals surface area contributed by atoms with Crippen LogP contribution >= 0.6 is 0 Å². The maximum atomic E-state index is 11.9. The first-order valence-corrected chi connectivity index (χ1v) is 8.30. The number of aliphatic carboxylic acids is 1. The molecule has 1 amide bonds. The smallest absolute Gasteiger partial charge is 0.303 e. The van der Waals surface area contributed by atoms with Gasteiger partial charge in [0, 0.05) is 32.5 Å². The number of nitrogens with zero attached hydrogens (tertiary/aromatic N) is 1. The van der Waals surface area contributed by atoms with Crippen LogP contribution in [0.2, 0.25) is 0 Å². The molecule has 0 aliphatic carbocycles. The van der Waals surface area contributed by atoms with Crippen molar-refractivity contribution in [3.8, 4) is 0 Å². The van der Waals surface area contributed by atoms with Gasteiger partial charge in [-0.2, -0.15) is 0 Å². The molecule has 0 atom stereocenters. The molecular weight excluding hydrogens is 294 g/mol. The monoisotopic (exact) mass is 319 g/mol. The number of likely N-dealkylation sites (tertiary alicyclic amines) is 1. The Morgan fingerprint density at radius 2 is 1.78 bits per heavy atom. The average Bonchev–Trinajstić information content (AvgIpc) is 2.50. The molecule has 1 aromatic carbocycles. The van der Waals surface area contributed by atoms with Gasteiger partial charge in [-0.25, -0.2) is 0 Å². The van der Waals surface area contributed by atoms with Gasteiger partial charge in [-0.15, -0.1) is 0 Å². The van der Waals surface area contributed by atoms with E-state index in [9.17, 15) is 9.59 Å². The summed E-state index contributed by atoms with van der Waals surface area (Å²) in [4.78, 5) is 24.0. The number of ether oxygens (including phenoxy) is 1. The molecule has 1 saturated heterocycles.